The monoisotopic (exact) mass is 263 g/mol. The highest BCUT2D eigenvalue weighted by molar-refractivity contribution is 7.98. The van der Waals surface area contributed by atoms with Crippen molar-refractivity contribution in [1.29, 1.82) is 0 Å². The van der Waals surface area contributed by atoms with Crippen LogP contribution in [0.1, 0.15) is 19.4 Å². The van der Waals surface area contributed by atoms with E-state index in [0.29, 0.717) is 0 Å². The highest BCUT2D eigenvalue weighted by atomic mass is 35.5. The van der Waals surface area contributed by atoms with E-state index in [1.165, 1.54) is 0 Å². The SMILES string of the molecule is CC(C)(N)CSCc1c(Cl)cccc1Cl. The van der Waals surface area contributed by atoms with Crippen LogP contribution in [0.15, 0.2) is 18.2 Å². The predicted molar refractivity (Wildman–Crippen MR) is 70.9 cm³/mol. The Kier molecular flexibility index (Phi) is 4.78. The third-order valence-corrected chi connectivity index (χ3v) is 3.93. The van der Waals surface area contributed by atoms with E-state index in [4.69, 9.17) is 28.9 Å². The molecule has 1 aromatic rings. The third-order valence-electron chi connectivity index (χ3n) is 1.78. The normalized spacial score (nSPS) is 11.8. The summed E-state index contributed by atoms with van der Waals surface area (Å²) in [5.74, 6) is 1.69. The molecular weight excluding hydrogens is 249 g/mol. The highest BCUT2D eigenvalue weighted by Gasteiger charge is 2.12. The quantitative estimate of drug-likeness (QED) is 0.890. The van der Waals surface area contributed by atoms with Crippen molar-refractivity contribution in [3.63, 3.8) is 0 Å². The Morgan fingerprint density at radius 1 is 1.27 bits per heavy atom. The van der Waals surface area contributed by atoms with E-state index in [2.05, 4.69) is 0 Å². The van der Waals surface area contributed by atoms with Gasteiger partial charge in [-0.15, -0.1) is 0 Å². The van der Waals surface area contributed by atoms with Crippen LogP contribution in [0.5, 0.6) is 0 Å². The molecule has 2 N–H and O–H groups in total. The van der Waals surface area contributed by atoms with Gasteiger partial charge in [0, 0.05) is 27.1 Å². The van der Waals surface area contributed by atoms with Crippen LogP contribution >= 0.6 is 35.0 Å². The molecule has 84 valence electrons. The average Bonchev–Trinajstić information content (AvgIpc) is 2.08. The summed E-state index contributed by atoms with van der Waals surface area (Å²) in [5, 5.41) is 1.45. The van der Waals surface area contributed by atoms with Gasteiger partial charge in [-0.1, -0.05) is 29.3 Å². The second-order valence-electron chi connectivity index (χ2n) is 4.18. The van der Waals surface area contributed by atoms with Crippen molar-refractivity contribution in [3.8, 4) is 0 Å². The molecule has 0 aliphatic rings. The zero-order valence-corrected chi connectivity index (χ0v) is 11.2. The largest absolute Gasteiger partial charge is 0.325 e. The van der Waals surface area contributed by atoms with Crippen molar-refractivity contribution in [2.45, 2.75) is 25.1 Å². The Morgan fingerprint density at radius 2 is 1.80 bits per heavy atom. The van der Waals surface area contributed by atoms with Gasteiger partial charge in [0.1, 0.15) is 0 Å². The maximum Gasteiger partial charge on any atom is 0.0461 e. The molecule has 0 radical (unpaired) electrons. The zero-order chi connectivity index (χ0) is 11.5. The molecule has 0 aromatic heterocycles. The first kappa shape index (κ1) is 13.2. The van der Waals surface area contributed by atoms with Crippen molar-refractivity contribution in [3.05, 3.63) is 33.8 Å². The lowest BCUT2D eigenvalue weighted by Gasteiger charge is -2.17. The topological polar surface area (TPSA) is 26.0 Å². The average molecular weight is 264 g/mol. The molecule has 0 saturated carbocycles. The minimum absolute atomic E-state index is 0.154. The molecule has 4 heteroatoms. The van der Waals surface area contributed by atoms with Crippen LogP contribution in [0.25, 0.3) is 0 Å². The molecule has 0 unspecified atom stereocenters. The van der Waals surface area contributed by atoms with Gasteiger partial charge < -0.3 is 5.73 Å². The van der Waals surface area contributed by atoms with Crippen LogP contribution in [0.3, 0.4) is 0 Å². The number of rotatable bonds is 4. The van der Waals surface area contributed by atoms with E-state index >= 15 is 0 Å². The molecule has 1 nitrogen and oxygen atoms in total. The third kappa shape index (κ3) is 4.64. The Balaban J connectivity index is 2.58. The highest BCUT2D eigenvalue weighted by Crippen LogP contribution is 2.28. The number of halogens is 2. The van der Waals surface area contributed by atoms with Gasteiger partial charge in [-0.3, -0.25) is 0 Å². The van der Waals surface area contributed by atoms with Crippen molar-refractivity contribution in [2.75, 3.05) is 5.75 Å². The van der Waals surface area contributed by atoms with Crippen LogP contribution in [-0.2, 0) is 5.75 Å². The standard InChI is InChI=1S/C11H15Cl2NS/c1-11(2,14)7-15-6-8-9(12)4-3-5-10(8)13/h3-5H,6-7,14H2,1-2H3. The maximum absolute atomic E-state index is 6.05. The van der Waals surface area contributed by atoms with Crippen LogP contribution in [-0.4, -0.2) is 11.3 Å². The molecule has 15 heavy (non-hydrogen) atoms. The Bertz CT molecular complexity index is 314. The summed E-state index contributed by atoms with van der Waals surface area (Å²) in [6.45, 7) is 4.02. The van der Waals surface area contributed by atoms with Gasteiger partial charge in [-0.25, -0.2) is 0 Å². The van der Waals surface area contributed by atoms with E-state index < -0.39 is 0 Å². The van der Waals surface area contributed by atoms with Gasteiger partial charge in [-0.05, 0) is 31.5 Å². The van der Waals surface area contributed by atoms with Crippen molar-refractivity contribution in [1.82, 2.24) is 0 Å². The minimum atomic E-state index is -0.154. The Labute approximate surface area is 105 Å². The molecule has 0 amide bonds. The molecular formula is C11H15Cl2NS. The van der Waals surface area contributed by atoms with E-state index in [-0.39, 0.29) is 5.54 Å². The predicted octanol–water partition coefficient (Wildman–Crippen LogP) is 3.96. The van der Waals surface area contributed by atoms with Crippen molar-refractivity contribution < 1.29 is 0 Å². The number of hydrogen-bond acceptors (Lipinski definition) is 2. The molecule has 0 bridgehead atoms. The molecule has 0 saturated heterocycles. The lowest BCUT2D eigenvalue weighted by molar-refractivity contribution is 0.591. The summed E-state index contributed by atoms with van der Waals surface area (Å²) in [4.78, 5) is 0. The number of benzene rings is 1. The maximum atomic E-state index is 6.05. The van der Waals surface area contributed by atoms with Gasteiger partial charge in [0.05, 0.1) is 0 Å². The van der Waals surface area contributed by atoms with E-state index in [0.717, 1.165) is 27.1 Å². The Morgan fingerprint density at radius 3 is 2.27 bits per heavy atom. The molecule has 0 atom stereocenters. The summed E-state index contributed by atoms with van der Waals surface area (Å²) in [7, 11) is 0. The second kappa shape index (κ2) is 5.44. The van der Waals surface area contributed by atoms with Gasteiger partial charge in [0.2, 0.25) is 0 Å². The molecule has 0 spiro atoms. The molecule has 0 aliphatic heterocycles. The van der Waals surface area contributed by atoms with E-state index in [1.807, 2.05) is 32.0 Å². The Hall–Kier alpha value is 0.110. The number of hydrogen-bond donors (Lipinski definition) is 1. The number of nitrogens with two attached hydrogens (primary N) is 1. The summed E-state index contributed by atoms with van der Waals surface area (Å²) >= 11 is 13.8. The van der Waals surface area contributed by atoms with Gasteiger partial charge in [0.15, 0.2) is 0 Å². The summed E-state index contributed by atoms with van der Waals surface area (Å²) in [5.41, 5.74) is 6.73. The van der Waals surface area contributed by atoms with Crippen LogP contribution in [0.2, 0.25) is 10.0 Å². The first-order chi connectivity index (χ1) is 6.90. The molecule has 0 fully saturated rings. The second-order valence-corrected chi connectivity index (χ2v) is 5.98. The van der Waals surface area contributed by atoms with Gasteiger partial charge >= 0.3 is 0 Å². The summed E-state index contributed by atoms with van der Waals surface area (Å²) in [6.07, 6.45) is 0. The van der Waals surface area contributed by atoms with Crippen LogP contribution < -0.4 is 5.73 Å². The molecule has 0 heterocycles. The summed E-state index contributed by atoms with van der Waals surface area (Å²) < 4.78 is 0. The molecule has 1 aromatic carbocycles. The molecule has 0 aliphatic carbocycles. The fourth-order valence-electron chi connectivity index (χ4n) is 1.09. The first-order valence-electron chi connectivity index (χ1n) is 4.70. The van der Waals surface area contributed by atoms with Gasteiger partial charge in [-0.2, -0.15) is 11.8 Å². The fourth-order valence-corrected chi connectivity index (χ4v) is 2.92. The smallest absolute Gasteiger partial charge is 0.0461 e. The number of thioether (sulfide) groups is 1. The van der Waals surface area contributed by atoms with Crippen LogP contribution in [0, 0.1) is 0 Å². The van der Waals surface area contributed by atoms with E-state index in [1.54, 1.807) is 11.8 Å². The van der Waals surface area contributed by atoms with Gasteiger partial charge in [0.25, 0.3) is 0 Å². The fraction of sp³-hybridized carbons (Fsp3) is 0.455. The molecule has 1 rings (SSSR count). The van der Waals surface area contributed by atoms with E-state index in [9.17, 15) is 0 Å². The summed E-state index contributed by atoms with van der Waals surface area (Å²) in [6, 6.07) is 5.57. The first-order valence-corrected chi connectivity index (χ1v) is 6.61. The lowest BCUT2D eigenvalue weighted by Crippen LogP contribution is -2.34. The zero-order valence-electron chi connectivity index (χ0n) is 8.89. The minimum Gasteiger partial charge on any atom is -0.325 e. The lowest BCUT2D eigenvalue weighted by atomic mass is 10.1. The van der Waals surface area contributed by atoms with Crippen molar-refractivity contribution >= 4 is 35.0 Å². The van der Waals surface area contributed by atoms with Crippen LogP contribution in [0.4, 0.5) is 0 Å². The van der Waals surface area contributed by atoms with Crippen molar-refractivity contribution in [2.24, 2.45) is 5.73 Å².